The van der Waals surface area contributed by atoms with Crippen molar-refractivity contribution in [2.45, 2.75) is 0 Å². The van der Waals surface area contributed by atoms with Crippen LogP contribution >= 0.6 is 35.4 Å². The third-order valence-corrected chi connectivity index (χ3v) is 3.55. The lowest BCUT2D eigenvalue weighted by Crippen LogP contribution is -2.34. The molecule has 1 amide bonds. The summed E-state index contributed by atoms with van der Waals surface area (Å²) in [6, 6.07) is 10.2. The molecule has 0 bridgehead atoms. The molecule has 23 heavy (non-hydrogen) atoms. The SMILES string of the molecule is O=C([O-])c1ccc(NC(=S)NC(=O)c2cc(Cl)ccc2Cl)cc1. The average Bonchev–Trinajstić information content (AvgIpc) is 2.50. The van der Waals surface area contributed by atoms with Crippen LogP contribution in [-0.2, 0) is 0 Å². The maximum atomic E-state index is 12.1. The fourth-order valence-corrected chi connectivity index (χ4v) is 2.28. The van der Waals surface area contributed by atoms with Gasteiger partial charge in [-0.05, 0) is 48.1 Å². The van der Waals surface area contributed by atoms with E-state index in [1.54, 1.807) is 6.07 Å². The molecule has 0 unspecified atom stereocenters. The minimum absolute atomic E-state index is 0.0345. The Balaban J connectivity index is 2.03. The van der Waals surface area contributed by atoms with Crippen molar-refractivity contribution in [2.24, 2.45) is 0 Å². The van der Waals surface area contributed by atoms with Crippen LogP contribution in [0.3, 0.4) is 0 Å². The van der Waals surface area contributed by atoms with Crippen molar-refractivity contribution in [1.29, 1.82) is 0 Å². The number of carboxylic acids is 1. The van der Waals surface area contributed by atoms with Gasteiger partial charge in [0.1, 0.15) is 0 Å². The van der Waals surface area contributed by atoms with Crippen LogP contribution in [0.25, 0.3) is 0 Å². The fourth-order valence-electron chi connectivity index (χ4n) is 1.69. The van der Waals surface area contributed by atoms with Crippen LogP contribution in [0, 0.1) is 0 Å². The number of carbonyl (C=O) groups is 2. The highest BCUT2D eigenvalue weighted by molar-refractivity contribution is 7.80. The number of halogens is 2. The summed E-state index contributed by atoms with van der Waals surface area (Å²) in [5.74, 6) is -1.79. The van der Waals surface area contributed by atoms with Gasteiger partial charge in [0, 0.05) is 10.7 Å². The largest absolute Gasteiger partial charge is 0.545 e. The molecule has 0 aliphatic rings. The topological polar surface area (TPSA) is 81.3 Å². The first-order chi connectivity index (χ1) is 10.9. The van der Waals surface area contributed by atoms with Gasteiger partial charge in [-0.1, -0.05) is 35.3 Å². The van der Waals surface area contributed by atoms with E-state index >= 15 is 0 Å². The van der Waals surface area contributed by atoms with Crippen LogP contribution in [0.15, 0.2) is 42.5 Å². The second-order valence-electron chi connectivity index (χ2n) is 4.40. The van der Waals surface area contributed by atoms with Crippen molar-refractivity contribution in [3.05, 3.63) is 63.6 Å². The number of carboxylic acid groups (broad SMARTS) is 1. The van der Waals surface area contributed by atoms with Crippen LogP contribution in [0.1, 0.15) is 20.7 Å². The van der Waals surface area contributed by atoms with E-state index < -0.39 is 11.9 Å². The molecule has 2 rings (SSSR count). The third kappa shape index (κ3) is 4.66. The van der Waals surface area contributed by atoms with E-state index in [0.717, 1.165) is 0 Å². The van der Waals surface area contributed by atoms with E-state index in [2.05, 4.69) is 10.6 Å². The molecule has 0 aliphatic heterocycles. The number of nitrogens with one attached hydrogen (secondary N) is 2. The second kappa shape index (κ2) is 7.41. The Hall–Kier alpha value is -2.15. The maximum Gasteiger partial charge on any atom is 0.258 e. The van der Waals surface area contributed by atoms with Gasteiger partial charge < -0.3 is 15.2 Å². The summed E-state index contributed by atoms with van der Waals surface area (Å²) < 4.78 is 0. The van der Waals surface area contributed by atoms with Gasteiger partial charge in [-0.2, -0.15) is 0 Å². The molecular formula is C15H9Cl2N2O3S-. The molecule has 2 aromatic carbocycles. The van der Waals surface area contributed by atoms with Crippen LogP contribution in [0.4, 0.5) is 5.69 Å². The monoisotopic (exact) mass is 367 g/mol. The van der Waals surface area contributed by atoms with Gasteiger partial charge >= 0.3 is 0 Å². The Morgan fingerprint density at radius 1 is 1.04 bits per heavy atom. The van der Waals surface area contributed by atoms with Gasteiger partial charge in [0.15, 0.2) is 5.11 Å². The number of anilines is 1. The fraction of sp³-hybridized carbons (Fsp3) is 0. The highest BCUT2D eigenvalue weighted by atomic mass is 35.5. The quantitative estimate of drug-likeness (QED) is 0.814. The number of thiocarbonyl (C=S) groups is 1. The van der Waals surface area contributed by atoms with E-state index in [-0.39, 0.29) is 21.3 Å². The molecule has 2 aromatic rings. The molecule has 0 atom stereocenters. The maximum absolute atomic E-state index is 12.1. The number of amides is 1. The highest BCUT2D eigenvalue weighted by Gasteiger charge is 2.12. The number of benzene rings is 2. The van der Waals surface area contributed by atoms with Crippen molar-refractivity contribution in [1.82, 2.24) is 5.32 Å². The van der Waals surface area contributed by atoms with E-state index in [0.29, 0.717) is 10.7 Å². The Kier molecular flexibility index (Phi) is 5.54. The van der Waals surface area contributed by atoms with Crippen LogP contribution in [0.5, 0.6) is 0 Å². The summed E-state index contributed by atoms with van der Waals surface area (Å²) in [6.07, 6.45) is 0. The smallest absolute Gasteiger partial charge is 0.258 e. The Morgan fingerprint density at radius 3 is 2.30 bits per heavy atom. The summed E-state index contributed by atoms with van der Waals surface area (Å²) in [4.78, 5) is 22.8. The summed E-state index contributed by atoms with van der Waals surface area (Å²) in [5.41, 5.74) is 0.740. The molecule has 8 heteroatoms. The number of aromatic carboxylic acids is 1. The van der Waals surface area contributed by atoms with Gasteiger partial charge in [0.05, 0.1) is 16.6 Å². The Labute approximate surface area is 147 Å². The molecule has 2 N–H and O–H groups in total. The van der Waals surface area contributed by atoms with Gasteiger partial charge in [-0.3, -0.25) is 10.1 Å². The minimum Gasteiger partial charge on any atom is -0.545 e. The van der Waals surface area contributed by atoms with Gasteiger partial charge in [0.2, 0.25) is 0 Å². The summed E-state index contributed by atoms with van der Waals surface area (Å²) in [7, 11) is 0. The summed E-state index contributed by atoms with van der Waals surface area (Å²) >= 11 is 16.8. The lowest BCUT2D eigenvalue weighted by Gasteiger charge is -2.11. The molecule has 0 saturated carbocycles. The minimum atomic E-state index is -1.27. The first-order valence-corrected chi connectivity index (χ1v) is 7.42. The highest BCUT2D eigenvalue weighted by Crippen LogP contribution is 2.20. The number of carbonyl (C=O) groups excluding carboxylic acids is 2. The lowest BCUT2D eigenvalue weighted by atomic mass is 10.2. The van der Waals surface area contributed by atoms with E-state index in [1.807, 2.05) is 0 Å². The van der Waals surface area contributed by atoms with Gasteiger partial charge in [-0.25, -0.2) is 0 Å². The van der Waals surface area contributed by atoms with Crippen molar-refractivity contribution < 1.29 is 14.7 Å². The number of hydrogen-bond donors (Lipinski definition) is 2. The van der Waals surface area contributed by atoms with Crippen molar-refractivity contribution in [3.8, 4) is 0 Å². The predicted molar refractivity (Wildman–Crippen MR) is 90.9 cm³/mol. The number of hydrogen-bond acceptors (Lipinski definition) is 4. The van der Waals surface area contributed by atoms with E-state index in [9.17, 15) is 14.7 Å². The number of rotatable bonds is 3. The molecule has 118 valence electrons. The first-order valence-electron chi connectivity index (χ1n) is 6.25. The standard InChI is InChI=1S/C15H10Cl2N2O3S/c16-9-3-6-12(17)11(7-9)13(20)19-15(23)18-10-4-1-8(2-5-10)14(21)22/h1-7H,(H,21,22)(H2,18,19,20,23)/p-1. The van der Waals surface area contributed by atoms with Crippen molar-refractivity contribution in [2.75, 3.05) is 5.32 Å². The Morgan fingerprint density at radius 2 is 1.70 bits per heavy atom. The normalized spacial score (nSPS) is 10.0. The predicted octanol–water partition coefficient (Wildman–Crippen LogP) is 2.48. The first kappa shape index (κ1) is 17.2. The van der Waals surface area contributed by atoms with Crippen LogP contribution in [0.2, 0.25) is 10.0 Å². The van der Waals surface area contributed by atoms with Crippen molar-refractivity contribution >= 4 is 58.1 Å². The molecule has 0 radical (unpaired) electrons. The molecule has 0 heterocycles. The molecule has 0 aromatic heterocycles. The van der Waals surface area contributed by atoms with Gasteiger partial charge in [0.25, 0.3) is 5.91 Å². The molecule has 0 aliphatic carbocycles. The molecular weight excluding hydrogens is 359 g/mol. The van der Waals surface area contributed by atoms with Gasteiger partial charge in [-0.15, -0.1) is 0 Å². The summed E-state index contributed by atoms with van der Waals surface area (Å²) in [5, 5.41) is 16.5. The van der Waals surface area contributed by atoms with E-state index in [4.69, 9.17) is 35.4 Å². The second-order valence-corrected chi connectivity index (χ2v) is 5.65. The van der Waals surface area contributed by atoms with Crippen LogP contribution in [-0.4, -0.2) is 17.0 Å². The van der Waals surface area contributed by atoms with Crippen LogP contribution < -0.4 is 15.7 Å². The molecule has 0 saturated heterocycles. The molecule has 0 spiro atoms. The Bertz CT molecular complexity index is 779. The van der Waals surface area contributed by atoms with Crippen molar-refractivity contribution in [3.63, 3.8) is 0 Å². The lowest BCUT2D eigenvalue weighted by molar-refractivity contribution is -0.255. The average molecular weight is 368 g/mol. The zero-order valence-corrected chi connectivity index (χ0v) is 13.8. The molecule has 0 fully saturated rings. The summed E-state index contributed by atoms with van der Waals surface area (Å²) in [6.45, 7) is 0. The molecule has 5 nitrogen and oxygen atoms in total. The zero-order chi connectivity index (χ0) is 17.0. The van der Waals surface area contributed by atoms with E-state index in [1.165, 1.54) is 36.4 Å². The third-order valence-electron chi connectivity index (χ3n) is 2.78. The zero-order valence-electron chi connectivity index (χ0n) is 11.4.